The lowest BCUT2D eigenvalue weighted by atomic mass is 9.99. The molecule has 0 radical (unpaired) electrons. The fourth-order valence-electron chi connectivity index (χ4n) is 3.92. The predicted molar refractivity (Wildman–Crippen MR) is 119 cm³/mol. The number of halogens is 1. The molecular weight excluding hydrogens is 442 g/mol. The van der Waals surface area contributed by atoms with Gasteiger partial charge in [0.25, 0.3) is 0 Å². The first-order chi connectivity index (χ1) is 14.9. The van der Waals surface area contributed by atoms with E-state index in [1.165, 1.54) is 16.4 Å². The second kappa shape index (κ2) is 11.5. The predicted octanol–water partition coefficient (Wildman–Crippen LogP) is 1.98. The van der Waals surface area contributed by atoms with Crippen molar-refractivity contribution >= 4 is 27.5 Å². The van der Waals surface area contributed by atoms with E-state index >= 15 is 0 Å². The number of morpholine rings is 1. The van der Waals surface area contributed by atoms with E-state index in [1.54, 1.807) is 6.07 Å². The van der Waals surface area contributed by atoms with Crippen LogP contribution in [0.3, 0.4) is 0 Å². The molecule has 2 saturated heterocycles. The smallest absolute Gasteiger partial charge is 0.243 e. The molecule has 31 heavy (non-hydrogen) atoms. The largest absolute Gasteiger partial charge is 0.492 e. The summed E-state index contributed by atoms with van der Waals surface area (Å²) in [5, 5.41) is 3.24. The summed E-state index contributed by atoms with van der Waals surface area (Å²) in [6.45, 7) is 7.76. The third-order valence-electron chi connectivity index (χ3n) is 5.65. The number of nitrogens with zero attached hydrogens (tertiary/aromatic N) is 2. The summed E-state index contributed by atoms with van der Waals surface area (Å²) in [5.74, 6) is 0.0350. The van der Waals surface area contributed by atoms with E-state index in [-0.39, 0.29) is 28.3 Å². The van der Waals surface area contributed by atoms with Crippen LogP contribution >= 0.6 is 11.6 Å². The average molecular weight is 474 g/mol. The molecule has 0 aromatic heterocycles. The monoisotopic (exact) mass is 473 g/mol. The number of ether oxygens (including phenoxy) is 2. The molecule has 0 spiro atoms. The Morgan fingerprint density at radius 3 is 2.77 bits per heavy atom. The number of carbonyl (C=O) groups excluding carboxylic acids is 1. The van der Waals surface area contributed by atoms with Crippen molar-refractivity contribution in [3.63, 3.8) is 0 Å². The molecule has 174 valence electrons. The molecule has 1 atom stereocenters. The van der Waals surface area contributed by atoms with Crippen molar-refractivity contribution in [1.82, 2.24) is 14.5 Å². The van der Waals surface area contributed by atoms with Crippen LogP contribution in [-0.4, -0.2) is 82.6 Å². The van der Waals surface area contributed by atoms with Gasteiger partial charge in [0.2, 0.25) is 15.9 Å². The summed E-state index contributed by atoms with van der Waals surface area (Å²) in [5.41, 5.74) is 0. The number of rotatable bonds is 9. The minimum atomic E-state index is -3.73. The molecule has 1 unspecified atom stereocenters. The summed E-state index contributed by atoms with van der Waals surface area (Å²) < 4.78 is 38.3. The topological polar surface area (TPSA) is 88.2 Å². The van der Waals surface area contributed by atoms with Gasteiger partial charge in [0.1, 0.15) is 5.75 Å². The Balaban J connectivity index is 1.52. The van der Waals surface area contributed by atoms with Gasteiger partial charge in [-0.25, -0.2) is 8.42 Å². The van der Waals surface area contributed by atoms with Gasteiger partial charge in [-0.05, 0) is 50.9 Å². The summed E-state index contributed by atoms with van der Waals surface area (Å²) in [7, 11) is -3.73. The van der Waals surface area contributed by atoms with Gasteiger partial charge in [0.05, 0.1) is 35.7 Å². The number of amides is 1. The molecule has 10 heteroatoms. The Morgan fingerprint density at radius 1 is 1.29 bits per heavy atom. The van der Waals surface area contributed by atoms with E-state index in [4.69, 9.17) is 21.1 Å². The van der Waals surface area contributed by atoms with Crippen LogP contribution in [0.1, 0.15) is 26.2 Å². The van der Waals surface area contributed by atoms with E-state index in [0.717, 1.165) is 39.3 Å². The molecule has 8 nitrogen and oxygen atoms in total. The summed E-state index contributed by atoms with van der Waals surface area (Å²) in [4.78, 5) is 15.1. The molecule has 3 rings (SSSR count). The number of hydrogen-bond donors (Lipinski definition) is 1. The molecule has 0 aliphatic carbocycles. The first-order valence-corrected chi connectivity index (χ1v) is 12.7. The third-order valence-corrected chi connectivity index (χ3v) is 7.81. The molecule has 2 fully saturated rings. The lowest BCUT2D eigenvalue weighted by molar-refractivity contribution is -0.126. The third kappa shape index (κ3) is 6.55. The zero-order chi connectivity index (χ0) is 22.3. The van der Waals surface area contributed by atoms with Crippen LogP contribution < -0.4 is 10.1 Å². The summed E-state index contributed by atoms with van der Waals surface area (Å²) >= 11 is 6.18. The molecule has 2 aliphatic heterocycles. The first kappa shape index (κ1) is 24.3. The number of hydrogen-bond acceptors (Lipinski definition) is 6. The van der Waals surface area contributed by atoms with Crippen LogP contribution in [0.25, 0.3) is 0 Å². The van der Waals surface area contributed by atoms with E-state index < -0.39 is 10.0 Å². The van der Waals surface area contributed by atoms with Crippen molar-refractivity contribution in [2.24, 2.45) is 5.92 Å². The minimum absolute atomic E-state index is 0.0772. The van der Waals surface area contributed by atoms with Crippen molar-refractivity contribution in [2.75, 3.05) is 59.1 Å². The maximum atomic E-state index is 13.1. The maximum Gasteiger partial charge on any atom is 0.243 e. The zero-order valence-corrected chi connectivity index (χ0v) is 19.6. The van der Waals surface area contributed by atoms with Crippen LogP contribution in [0.5, 0.6) is 5.75 Å². The number of piperidine rings is 1. The van der Waals surface area contributed by atoms with Gasteiger partial charge in [0.15, 0.2) is 0 Å². The summed E-state index contributed by atoms with van der Waals surface area (Å²) in [6, 6.07) is 4.49. The first-order valence-electron chi connectivity index (χ1n) is 10.9. The zero-order valence-electron chi connectivity index (χ0n) is 18.0. The molecule has 0 saturated carbocycles. The number of benzene rings is 1. The van der Waals surface area contributed by atoms with Crippen LogP contribution in [0.2, 0.25) is 5.02 Å². The maximum absolute atomic E-state index is 13.1. The fourth-order valence-corrected chi connectivity index (χ4v) is 5.77. The van der Waals surface area contributed by atoms with Crippen LogP contribution in [0.4, 0.5) is 0 Å². The standard InChI is InChI=1S/C21H32ClN3O5S/c1-2-30-20-7-6-18(15-19(20)22)31(27,28)25-10-3-5-17(16-25)21(26)23-8-4-9-24-11-13-29-14-12-24/h6-7,15,17H,2-5,8-14,16H2,1H3,(H,23,26). The lowest BCUT2D eigenvalue weighted by Crippen LogP contribution is -2.45. The highest BCUT2D eigenvalue weighted by Crippen LogP contribution is 2.30. The molecule has 1 amide bonds. The van der Waals surface area contributed by atoms with Crippen molar-refractivity contribution in [3.05, 3.63) is 23.2 Å². The van der Waals surface area contributed by atoms with Crippen molar-refractivity contribution in [3.8, 4) is 5.75 Å². The van der Waals surface area contributed by atoms with Crippen molar-refractivity contribution in [2.45, 2.75) is 31.1 Å². The Bertz CT molecular complexity index is 845. The van der Waals surface area contributed by atoms with E-state index in [1.807, 2.05) is 6.92 Å². The molecule has 1 aromatic rings. The van der Waals surface area contributed by atoms with Crippen LogP contribution in [0, 0.1) is 5.92 Å². The molecule has 2 aliphatic rings. The van der Waals surface area contributed by atoms with E-state index in [0.29, 0.717) is 38.3 Å². The van der Waals surface area contributed by atoms with Gasteiger partial charge in [0, 0.05) is 32.7 Å². The highest BCUT2D eigenvalue weighted by molar-refractivity contribution is 7.89. The molecule has 0 bridgehead atoms. The Kier molecular flexibility index (Phi) is 8.97. The number of carbonyl (C=O) groups is 1. The second-order valence-electron chi connectivity index (χ2n) is 7.83. The lowest BCUT2D eigenvalue weighted by Gasteiger charge is -2.31. The van der Waals surface area contributed by atoms with Crippen molar-refractivity contribution in [1.29, 1.82) is 0 Å². The number of sulfonamides is 1. The van der Waals surface area contributed by atoms with Crippen molar-refractivity contribution < 1.29 is 22.7 Å². The molecule has 2 heterocycles. The van der Waals surface area contributed by atoms with Gasteiger partial charge < -0.3 is 14.8 Å². The fraction of sp³-hybridized carbons (Fsp3) is 0.667. The highest BCUT2D eigenvalue weighted by atomic mass is 35.5. The minimum Gasteiger partial charge on any atom is -0.492 e. The van der Waals surface area contributed by atoms with Crippen LogP contribution in [-0.2, 0) is 19.6 Å². The van der Waals surface area contributed by atoms with Gasteiger partial charge >= 0.3 is 0 Å². The normalized spacial score (nSPS) is 21.0. The van der Waals surface area contributed by atoms with E-state index in [9.17, 15) is 13.2 Å². The number of nitrogens with one attached hydrogen (secondary N) is 1. The highest BCUT2D eigenvalue weighted by Gasteiger charge is 2.33. The van der Waals surface area contributed by atoms with Gasteiger partial charge in [-0.1, -0.05) is 11.6 Å². The Labute approximate surface area is 189 Å². The molecule has 1 aromatic carbocycles. The average Bonchev–Trinajstić information content (AvgIpc) is 2.79. The SMILES string of the molecule is CCOc1ccc(S(=O)(=O)N2CCCC(C(=O)NCCCN3CCOCC3)C2)cc1Cl. The van der Waals surface area contributed by atoms with Gasteiger partial charge in [-0.3, -0.25) is 9.69 Å². The van der Waals surface area contributed by atoms with Crippen LogP contribution in [0.15, 0.2) is 23.1 Å². The second-order valence-corrected chi connectivity index (χ2v) is 10.2. The van der Waals surface area contributed by atoms with Gasteiger partial charge in [-0.15, -0.1) is 0 Å². The van der Waals surface area contributed by atoms with E-state index in [2.05, 4.69) is 10.2 Å². The summed E-state index contributed by atoms with van der Waals surface area (Å²) in [6.07, 6.45) is 2.20. The Morgan fingerprint density at radius 2 is 2.06 bits per heavy atom. The molecule has 1 N–H and O–H groups in total. The van der Waals surface area contributed by atoms with Gasteiger partial charge in [-0.2, -0.15) is 4.31 Å². The quantitative estimate of drug-likeness (QED) is 0.552. The molecular formula is C21H32ClN3O5S. The Hall–Kier alpha value is -1.39.